The SMILES string of the molecule is Cc1ccc(NC2=N[C@@H](C(=O)Nc3ccccc3C(F)(F)F)CC(=O)N2)cc1. The number of hydrogen-bond acceptors (Lipinski definition) is 4. The number of amides is 2. The fourth-order valence-electron chi connectivity index (χ4n) is 2.64. The van der Waals surface area contributed by atoms with E-state index in [0.717, 1.165) is 17.7 Å². The number of carbonyl (C=O) groups excluding carboxylic acids is 2. The molecule has 1 heterocycles. The molecule has 28 heavy (non-hydrogen) atoms. The molecule has 2 aromatic carbocycles. The topological polar surface area (TPSA) is 82.6 Å². The van der Waals surface area contributed by atoms with E-state index in [-0.39, 0.29) is 18.1 Å². The molecule has 0 bridgehead atoms. The van der Waals surface area contributed by atoms with Gasteiger partial charge in [-0.3, -0.25) is 14.9 Å². The van der Waals surface area contributed by atoms with Crippen molar-refractivity contribution < 1.29 is 22.8 Å². The number of carbonyl (C=O) groups is 2. The number of para-hydroxylation sites is 1. The number of halogens is 3. The van der Waals surface area contributed by atoms with Crippen LogP contribution in [0.15, 0.2) is 53.5 Å². The van der Waals surface area contributed by atoms with Crippen molar-refractivity contribution in [1.29, 1.82) is 0 Å². The van der Waals surface area contributed by atoms with Gasteiger partial charge in [0.2, 0.25) is 17.8 Å². The molecule has 146 valence electrons. The Kier molecular flexibility index (Phi) is 5.34. The van der Waals surface area contributed by atoms with Gasteiger partial charge in [0.05, 0.1) is 17.7 Å². The van der Waals surface area contributed by atoms with Gasteiger partial charge in [-0.25, -0.2) is 4.99 Å². The van der Waals surface area contributed by atoms with E-state index in [9.17, 15) is 22.8 Å². The first-order valence-corrected chi connectivity index (χ1v) is 8.41. The summed E-state index contributed by atoms with van der Waals surface area (Å²) in [5.74, 6) is -1.20. The zero-order chi connectivity index (χ0) is 20.3. The number of alkyl halides is 3. The highest BCUT2D eigenvalue weighted by atomic mass is 19.4. The number of anilines is 2. The Morgan fingerprint density at radius 2 is 1.82 bits per heavy atom. The number of nitrogens with zero attached hydrogens (tertiary/aromatic N) is 1. The normalized spacial score (nSPS) is 16.8. The molecule has 2 aromatic rings. The van der Waals surface area contributed by atoms with Gasteiger partial charge in [-0.05, 0) is 31.2 Å². The fourth-order valence-corrected chi connectivity index (χ4v) is 2.64. The van der Waals surface area contributed by atoms with Gasteiger partial charge in [0.25, 0.3) is 0 Å². The summed E-state index contributed by atoms with van der Waals surface area (Å²) < 4.78 is 39.2. The number of guanidine groups is 1. The minimum Gasteiger partial charge on any atom is -0.326 e. The lowest BCUT2D eigenvalue weighted by Gasteiger charge is -2.22. The summed E-state index contributed by atoms with van der Waals surface area (Å²) >= 11 is 0. The lowest BCUT2D eigenvalue weighted by atomic mass is 10.1. The van der Waals surface area contributed by atoms with Gasteiger partial charge in [0.1, 0.15) is 6.04 Å². The highest BCUT2D eigenvalue weighted by Crippen LogP contribution is 2.34. The predicted octanol–water partition coefficient (Wildman–Crippen LogP) is 3.31. The second-order valence-electron chi connectivity index (χ2n) is 6.27. The van der Waals surface area contributed by atoms with Crippen LogP contribution in [0, 0.1) is 6.92 Å². The molecule has 9 heteroatoms. The van der Waals surface area contributed by atoms with Crippen molar-refractivity contribution in [2.24, 2.45) is 4.99 Å². The molecule has 0 aliphatic carbocycles. The number of benzene rings is 2. The first-order valence-electron chi connectivity index (χ1n) is 8.41. The molecule has 2 amide bonds. The van der Waals surface area contributed by atoms with E-state index >= 15 is 0 Å². The molecule has 0 saturated heterocycles. The van der Waals surface area contributed by atoms with Gasteiger partial charge in [-0.15, -0.1) is 0 Å². The van der Waals surface area contributed by atoms with Crippen molar-refractivity contribution >= 4 is 29.1 Å². The second kappa shape index (κ2) is 7.71. The van der Waals surface area contributed by atoms with Gasteiger partial charge < -0.3 is 10.6 Å². The Morgan fingerprint density at radius 3 is 2.50 bits per heavy atom. The molecule has 1 aliphatic rings. The average Bonchev–Trinajstić information content (AvgIpc) is 2.63. The number of aliphatic imine (C=N–C) groups is 1. The van der Waals surface area contributed by atoms with E-state index < -0.39 is 29.6 Å². The van der Waals surface area contributed by atoms with Crippen molar-refractivity contribution in [2.75, 3.05) is 10.6 Å². The molecule has 1 aliphatic heterocycles. The summed E-state index contributed by atoms with van der Waals surface area (Å²) in [4.78, 5) is 28.5. The minimum atomic E-state index is -4.62. The minimum absolute atomic E-state index is 0.0596. The summed E-state index contributed by atoms with van der Waals surface area (Å²) in [5.41, 5.74) is 0.341. The summed E-state index contributed by atoms with van der Waals surface area (Å²) in [6.07, 6.45) is -4.88. The first-order chi connectivity index (χ1) is 13.2. The van der Waals surface area contributed by atoms with Crippen LogP contribution < -0.4 is 16.0 Å². The lowest BCUT2D eigenvalue weighted by Crippen LogP contribution is -2.45. The molecule has 1 atom stereocenters. The fraction of sp³-hybridized carbons (Fsp3) is 0.211. The van der Waals surface area contributed by atoms with Crippen molar-refractivity contribution in [3.63, 3.8) is 0 Å². The van der Waals surface area contributed by atoms with E-state index in [1.54, 1.807) is 12.1 Å². The molecule has 0 fully saturated rings. The summed E-state index contributed by atoms with van der Waals surface area (Å²) in [6, 6.07) is 10.7. The molecular weight excluding hydrogens is 373 g/mol. The Labute approximate surface area is 158 Å². The molecular formula is C19H17F3N4O2. The second-order valence-corrected chi connectivity index (χ2v) is 6.27. The third-order valence-electron chi connectivity index (χ3n) is 4.03. The zero-order valence-electron chi connectivity index (χ0n) is 14.8. The van der Waals surface area contributed by atoms with Gasteiger partial charge >= 0.3 is 6.18 Å². The summed E-state index contributed by atoms with van der Waals surface area (Å²) in [6.45, 7) is 1.92. The van der Waals surface area contributed by atoms with Crippen LogP contribution in [0.4, 0.5) is 24.5 Å². The molecule has 0 saturated carbocycles. The van der Waals surface area contributed by atoms with Crippen molar-refractivity contribution in [2.45, 2.75) is 25.6 Å². The Bertz CT molecular complexity index is 924. The molecule has 0 aromatic heterocycles. The highest BCUT2D eigenvalue weighted by molar-refractivity contribution is 6.10. The van der Waals surface area contributed by atoms with Crippen LogP contribution >= 0.6 is 0 Å². The predicted molar refractivity (Wildman–Crippen MR) is 98.9 cm³/mol. The number of nitrogens with one attached hydrogen (secondary N) is 3. The van der Waals surface area contributed by atoms with Gasteiger partial charge in [-0.2, -0.15) is 13.2 Å². The van der Waals surface area contributed by atoms with E-state index in [1.165, 1.54) is 12.1 Å². The number of rotatable bonds is 3. The quantitative estimate of drug-likeness (QED) is 0.752. The van der Waals surface area contributed by atoms with Crippen LogP contribution in [-0.4, -0.2) is 23.8 Å². The third kappa shape index (κ3) is 4.67. The van der Waals surface area contributed by atoms with Crippen molar-refractivity contribution in [1.82, 2.24) is 5.32 Å². The molecule has 0 unspecified atom stereocenters. The lowest BCUT2D eigenvalue weighted by molar-refractivity contribution is -0.137. The van der Waals surface area contributed by atoms with Crippen molar-refractivity contribution in [3.8, 4) is 0 Å². The number of hydrogen-bond donors (Lipinski definition) is 3. The monoisotopic (exact) mass is 390 g/mol. The van der Waals surface area contributed by atoms with Crippen LogP contribution in [0.25, 0.3) is 0 Å². The number of aryl methyl sites for hydroxylation is 1. The van der Waals surface area contributed by atoms with Gasteiger partial charge in [-0.1, -0.05) is 29.8 Å². The van der Waals surface area contributed by atoms with Gasteiger partial charge in [0, 0.05) is 5.69 Å². The molecule has 0 spiro atoms. The standard InChI is InChI=1S/C19H17F3N4O2/c1-11-6-8-12(9-7-11)23-18-25-15(10-16(27)26-18)17(28)24-14-5-3-2-4-13(14)19(20,21)22/h2-9,15H,10H2,1H3,(H,24,28)(H2,23,25,26,27)/t15-/m1/s1. The molecule has 3 rings (SSSR count). The third-order valence-corrected chi connectivity index (χ3v) is 4.03. The Hall–Kier alpha value is -3.36. The molecule has 3 N–H and O–H groups in total. The van der Waals surface area contributed by atoms with E-state index in [2.05, 4.69) is 20.9 Å². The Morgan fingerprint density at radius 1 is 1.14 bits per heavy atom. The van der Waals surface area contributed by atoms with Crippen molar-refractivity contribution in [3.05, 3.63) is 59.7 Å². The van der Waals surface area contributed by atoms with E-state index in [1.807, 2.05) is 19.1 Å². The van der Waals surface area contributed by atoms with E-state index in [4.69, 9.17) is 0 Å². The van der Waals surface area contributed by atoms with Gasteiger partial charge in [0.15, 0.2) is 0 Å². The van der Waals surface area contributed by atoms with Crippen LogP contribution in [0.2, 0.25) is 0 Å². The molecule has 0 radical (unpaired) electrons. The summed E-state index contributed by atoms with van der Waals surface area (Å²) in [7, 11) is 0. The maximum Gasteiger partial charge on any atom is 0.418 e. The smallest absolute Gasteiger partial charge is 0.326 e. The van der Waals surface area contributed by atoms with Crippen LogP contribution in [0.1, 0.15) is 17.5 Å². The Balaban J connectivity index is 1.78. The highest BCUT2D eigenvalue weighted by Gasteiger charge is 2.35. The average molecular weight is 390 g/mol. The van der Waals surface area contributed by atoms with E-state index in [0.29, 0.717) is 5.69 Å². The van der Waals surface area contributed by atoms with Crippen LogP contribution in [-0.2, 0) is 15.8 Å². The van der Waals surface area contributed by atoms with Crippen LogP contribution in [0.3, 0.4) is 0 Å². The van der Waals surface area contributed by atoms with Crippen LogP contribution in [0.5, 0.6) is 0 Å². The maximum atomic E-state index is 13.1. The first kappa shape index (κ1) is 19.4. The largest absolute Gasteiger partial charge is 0.418 e. The maximum absolute atomic E-state index is 13.1. The molecule has 6 nitrogen and oxygen atoms in total. The zero-order valence-corrected chi connectivity index (χ0v) is 14.8. The summed E-state index contributed by atoms with van der Waals surface area (Å²) in [5, 5.41) is 7.61.